The minimum atomic E-state index is -0.476. The van der Waals surface area contributed by atoms with Crippen molar-refractivity contribution < 1.29 is 9.66 Å². The van der Waals surface area contributed by atoms with Crippen molar-refractivity contribution in [1.82, 2.24) is 9.97 Å². The van der Waals surface area contributed by atoms with E-state index in [2.05, 4.69) is 9.97 Å². The number of benzene rings is 1. The van der Waals surface area contributed by atoms with Gasteiger partial charge in [0.05, 0.1) is 23.0 Å². The highest BCUT2D eigenvalue weighted by Gasteiger charge is 2.15. The summed E-state index contributed by atoms with van der Waals surface area (Å²) in [5.74, 6) is 0.201. The van der Waals surface area contributed by atoms with Crippen LogP contribution in [-0.2, 0) is 6.61 Å². The quantitative estimate of drug-likeness (QED) is 0.635. The maximum atomic E-state index is 10.9. The Labute approximate surface area is 114 Å². The fraction of sp³-hybridized carbons (Fsp3) is 0.167. The molecule has 0 aliphatic carbocycles. The lowest BCUT2D eigenvalue weighted by Crippen LogP contribution is -2.01. The lowest BCUT2D eigenvalue weighted by atomic mass is 10.2. The van der Waals surface area contributed by atoms with Crippen LogP contribution in [0.5, 0.6) is 5.75 Å². The summed E-state index contributed by atoms with van der Waals surface area (Å²) >= 11 is 5.61. The van der Waals surface area contributed by atoms with E-state index < -0.39 is 4.92 Å². The largest absolute Gasteiger partial charge is 0.480 e. The molecule has 0 saturated heterocycles. The third-order valence-corrected chi connectivity index (χ3v) is 2.56. The van der Waals surface area contributed by atoms with E-state index in [9.17, 15) is 10.1 Å². The predicted molar refractivity (Wildman–Crippen MR) is 69.2 cm³/mol. The first kappa shape index (κ1) is 13.2. The second-order valence-corrected chi connectivity index (χ2v) is 4.23. The van der Waals surface area contributed by atoms with E-state index >= 15 is 0 Å². The zero-order chi connectivity index (χ0) is 13.8. The minimum absolute atomic E-state index is 0.0677. The Hall–Kier alpha value is -2.21. The van der Waals surface area contributed by atoms with E-state index in [1.165, 1.54) is 18.5 Å². The Bertz CT molecular complexity index is 602. The molecule has 1 heterocycles. The molecule has 2 aromatic rings. The van der Waals surface area contributed by atoms with Gasteiger partial charge in [-0.05, 0) is 18.6 Å². The van der Waals surface area contributed by atoms with E-state index in [1.54, 1.807) is 19.1 Å². The average Bonchev–Trinajstić information content (AvgIpc) is 2.39. The summed E-state index contributed by atoms with van der Waals surface area (Å²) in [7, 11) is 0. The fourth-order valence-corrected chi connectivity index (χ4v) is 1.55. The normalized spacial score (nSPS) is 10.2. The summed E-state index contributed by atoms with van der Waals surface area (Å²) in [5.41, 5.74) is 1.27. The SMILES string of the molecule is Cc1ccc(OCc2cnc(Cl)cn2)c([N+](=O)[O-])c1. The Balaban J connectivity index is 2.15. The molecule has 19 heavy (non-hydrogen) atoms. The molecule has 0 bridgehead atoms. The zero-order valence-corrected chi connectivity index (χ0v) is 10.8. The molecule has 2 rings (SSSR count). The maximum Gasteiger partial charge on any atom is 0.311 e. The monoisotopic (exact) mass is 279 g/mol. The number of aromatic nitrogens is 2. The number of nitro benzene ring substituents is 1. The Morgan fingerprint density at radius 1 is 1.37 bits per heavy atom. The minimum Gasteiger partial charge on any atom is -0.480 e. The molecule has 0 unspecified atom stereocenters. The van der Waals surface area contributed by atoms with Gasteiger partial charge in [0.15, 0.2) is 5.75 Å². The van der Waals surface area contributed by atoms with Gasteiger partial charge in [-0.1, -0.05) is 17.7 Å². The third kappa shape index (κ3) is 3.38. The summed E-state index contributed by atoms with van der Waals surface area (Å²) in [6.07, 6.45) is 2.85. The molecule has 0 aliphatic rings. The zero-order valence-electron chi connectivity index (χ0n) is 10.0. The first-order valence-corrected chi connectivity index (χ1v) is 5.78. The number of rotatable bonds is 4. The van der Waals surface area contributed by atoms with Crippen LogP contribution in [0.1, 0.15) is 11.3 Å². The van der Waals surface area contributed by atoms with Gasteiger partial charge in [0.1, 0.15) is 11.8 Å². The van der Waals surface area contributed by atoms with Crippen LogP contribution in [0, 0.1) is 17.0 Å². The predicted octanol–water partition coefficient (Wildman–Crippen LogP) is 2.93. The molecule has 1 aromatic carbocycles. The third-order valence-electron chi connectivity index (χ3n) is 2.36. The van der Waals surface area contributed by atoms with Crippen molar-refractivity contribution in [2.24, 2.45) is 0 Å². The first-order chi connectivity index (χ1) is 9.06. The van der Waals surface area contributed by atoms with Crippen molar-refractivity contribution in [2.45, 2.75) is 13.5 Å². The van der Waals surface area contributed by atoms with Crippen molar-refractivity contribution in [1.29, 1.82) is 0 Å². The standard InChI is InChI=1S/C12H10ClN3O3/c1-8-2-3-11(10(4-8)16(17)18)19-7-9-5-15-12(13)6-14-9/h2-6H,7H2,1H3. The molecule has 0 amide bonds. The molecule has 7 heteroatoms. The molecular weight excluding hydrogens is 270 g/mol. The number of halogens is 1. The van der Waals surface area contributed by atoms with Crippen molar-refractivity contribution >= 4 is 17.3 Å². The van der Waals surface area contributed by atoms with Crippen LogP contribution in [0.15, 0.2) is 30.6 Å². The van der Waals surface area contributed by atoms with Gasteiger partial charge in [-0.15, -0.1) is 0 Å². The number of aryl methyl sites for hydroxylation is 1. The van der Waals surface area contributed by atoms with Gasteiger partial charge >= 0.3 is 5.69 Å². The van der Waals surface area contributed by atoms with Crippen LogP contribution in [0.4, 0.5) is 5.69 Å². The van der Waals surface area contributed by atoms with Crippen molar-refractivity contribution in [2.75, 3.05) is 0 Å². The fourth-order valence-electron chi connectivity index (χ4n) is 1.46. The van der Waals surface area contributed by atoms with E-state index in [1.807, 2.05) is 0 Å². The van der Waals surface area contributed by atoms with E-state index in [4.69, 9.17) is 16.3 Å². The van der Waals surface area contributed by atoms with Gasteiger partial charge in [-0.25, -0.2) is 4.98 Å². The first-order valence-electron chi connectivity index (χ1n) is 5.40. The van der Waals surface area contributed by atoms with Gasteiger partial charge in [0.2, 0.25) is 0 Å². The summed E-state index contributed by atoms with van der Waals surface area (Å²) < 4.78 is 5.39. The molecule has 0 aliphatic heterocycles. The smallest absolute Gasteiger partial charge is 0.311 e. The van der Waals surface area contributed by atoms with Gasteiger partial charge in [0.25, 0.3) is 0 Å². The Kier molecular flexibility index (Phi) is 3.91. The number of nitrogens with zero attached hydrogens (tertiary/aromatic N) is 3. The topological polar surface area (TPSA) is 78.2 Å². The number of ether oxygens (including phenoxy) is 1. The van der Waals surface area contributed by atoms with Crippen LogP contribution in [0.3, 0.4) is 0 Å². The molecule has 6 nitrogen and oxygen atoms in total. The number of nitro groups is 1. The van der Waals surface area contributed by atoms with E-state index in [0.717, 1.165) is 5.56 Å². The average molecular weight is 280 g/mol. The Morgan fingerprint density at radius 3 is 2.79 bits per heavy atom. The van der Waals surface area contributed by atoms with Crippen molar-refractivity contribution in [3.63, 3.8) is 0 Å². The van der Waals surface area contributed by atoms with Crippen molar-refractivity contribution in [3.8, 4) is 5.75 Å². The van der Waals surface area contributed by atoms with Crippen LogP contribution in [0.25, 0.3) is 0 Å². The summed E-state index contributed by atoms with van der Waals surface area (Å²) in [4.78, 5) is 18.3. The van der Waals surface area contributed by atoms with Crippen molar-refractivity contribution in [3.05, 3.63) is 57.1 Å². The Morgan fingerprint density at radius 2 is 2.16 bits per heavy atom. The highest BCUT2D eigenvalue weighted by atomic mass is 35.5. The van der Waals surface area contributed by atoms with Gasteiger partial charge in [-0.2, -0.15) is 0 Å². The molecule has 0 atom stereocenters. The molecule has 0 fully saturated rings. The summed E-state index contributed by atoms with van der Waals surface area (Å²) in [6.45, 7) is 1.87. The lowest BCUT2D eigenvalue weighted by molar-refractivity contribution is -0.386. The van der Waals surface area contributed by atoms with E-state index in [-0.39, 0.29) is 23.2 Å². The van der Waals surface area contributed by atoms with Crippen LogP contribution in [0.2, 0.25) is 5.15 Å². The lowest BCUT2D eigenvalue weighted by Gasteiger charge is -2.06. The molecule has 0 radical (unpaired) electrons. The molecule has 0 saturated carbocycles. The highest BCUT2D eigenvalue weighted by Crippen LogP contribution is 2.28. The van der Waals surface area contributed by atoms with Crippen LogP contribution in [-0.4, -0.2) is 14.9 Å². The van der Waals surface area contributed by atoms with Gasteiger partial charge < -0.3 is 4.74 Å². The summed E-state index contributed by atoms with van der Waals surface area (Å²) in [5, 5.41) is 11.2. The molecular formula is C12H10ClN3O3. The molecule has 98 valence electrons. The van der Waals surface area contributed by atoms with E-state index in [0.29, 0.717) is 5.69 Å². The second-order valence-electron chi connectivity index (χ2n) is 3.85. The van der Waals surface area contributed by atoms with Crippen LogP contribution >= 0.6 is 11.6 Å². The summed E-state index contributed by atoms with van der Waals surface area (Å²) in [6, 6.07) is 4.77. The van der Waals surface area contributed by atoms with Crippen LogP contribution < -0.4 is 4.74 Å². The molecule has 0 spiro atoms. The van der Waals surface area contributed by atoms with Gasteiger partial charge in [0, 0.05) is 6.07 Å². The number of hydrogen-bond acceptors (Lipinski definition) is 5. The maximum absolute atomic E-state index is 10.9. The second kappa shape index (κ2) is 5.62. The molecule has 0 N–H and O–H groups in total. The number of hydrogen-bond donors (Lipinski definition) is 0. The highest BCUT2D eigenvalue weighted by molar-refractivity contribution is 6.29. The molecule has 1 aromatic heterocycles. The van der Waals surface area contributed by atoms with Gasteiger partial charge in [-0.3, -0.25) is 15.1 Å².